The van der Waals surface area contributed by atoms with Crippen molar-refractivity contribution in [2.45, 2.75) is 19.4 Å². The average Bonchev–Trinajstić information content (AvgIpc) is 2.54. The fraction of sp³-hybridized carbons (Fsp3) is 0.500. The Labute approximate surface area is 124 Å². The molecule has 1 heterocycles. The van der Waals surface area contributed by atoms with Crippen molar-refractivity contribution in [3.8, 4) is 0 Å². The van der Waals surface area contributed by atoms with E-state index in [9.17, 15) is 9.59 Å². The van der Waals surface area contributed by atoms with Gasteiger partial charge in [0.25, 0.3) is 0 Å². The number of ether oxygens (including phenoxy) is 2. The van der Waals surface area contributed by atoms with E-state index in [2.05, 4.69) is 9.64 Å². The molecule has 0 aliphatic carbocycles. The van der Waals surface area contributed by atoms with Gasteiger partial charge in [-0.05, 0) is 37.1 Å². The molecule has 1 aromatic carbocycles. The van der Waals surface area contributed by atoms with Crippen LogP contribution in [0.25, 0.3) is 0 Å². The van der Waals surface area contributed by atoms with E-state index in [1.165, 1.54) is 14.2 Å². The molecule has 0 aromatic heterocycles. The van der Waals surface area contributed by atoms with Gasteiger partial charge in [-0.3, -0.25) is 9.69 Å². The number of carbonyl (C=O) groups is 2. The summed E-state index contributed by atoms with van der Waals surface area (Å²) in [5.41, 5.74) is 1.67. The molecule has 5 nitrogen and oxygen atoms in total. The molecule has 1 atom stereocenters. The summed E-state index contributed by atoms with van der Waals surface area (Å²) in [7, 11) is 2.81. The maximum atomic E-state index is 11.6. The molecule has 1 aliphatic heterocycles. The first kappa shape index (κ1) is 15.5. The largest absolute Gasteiger partial charge is 0.469 e. The second kappa shape index (κ2) is 7.22. The van der Waals surface area contributed by atoms with E-state index in [0.717, 1.165) is 38.0 Å². The van der Waals surface area contributed by atoms with E-state index >= 15 is 0 Å². The average molecular weight is 291 g/mol. The highest BCUT2D eigenvalue weighted by molar-refractivity contribution is 5.89. The third kappa shape index (κ3) is 4.04. The normalized spacial score (nSPS) is 19.0. The van der Waals surface area contributed by atoms with Crippen molar-refractivity contribution < 1.29 is 19.1 Å². The summed E-state index contributed by atoms with van der Waals surface area (Å²) in [6.07, 6.45) is 1.89. The van der Waals surface area contributed by atoms with Crippen molar-refractivity contribution in [3.05, 3.63) is 35.4 Å². The molecule has 2 rings (SSSR count). The van der Waals surface area contributed by atoms with Crippen LogP contribution in [-0.4, -0.2) is 44.1 Å². The Balaban J connectivity index is 1.95. The monoisotopic (exact) mass is 291 g/mol. The maximum Gasteiger partial charge on any atom is 0.337 e. The maximum absolute atomic E-state index is 11.6. The third-order valence-electron chi connectivity index (χ3n) is 3.82. The fourth-order valence-electron chi connectivity index (χ4n) is 2.68. The Morgan fingerprint density at radius 3 is 2.52 bits per heavy atom. The zero-order chi connectivity index (χ0) is 15.2. The molecule has 0 unspecified atom stereocenters. The molecule has 0 bridgehead atoms. The van der Waals surface area contributed by atoms with Crippen LogP contribution < -0.4 is 0 Å². The van der Waals surface area contributed by atoms with Crippen LogP contribution in [0.15, 0.2) is 24.3 Å². The number of nitrogens with zero attached hydrogens (tertiary/aromatic N) is 1. The van der Waals surface area contributed by atoms with Crippen molar-refractivity contribution in [1.29, 1.82) is 0 Å². The summed E-state index contributed by atoms with van der Waals surface area (Å²) < 4.78 is 9.50. The van der Waals surface area contributed by atoms with Crippen LogP contribution in [0.4, 0.5) is 0 Å². The molecule has 5 heteroatoms. The van der Waals surface area contributed by atoms with Crippen LogP contribution in [0.1, 0.15) is 28.8 Å². The van der Waals surface area contributed by atoms with Gasteiger partial charge < -0.3 is 9.47 Å². The molecule has 1 saturated heterocycles. The van der Waals surface area contributed by atoms with Crippen LogP contribution in [0.3, 0.4) is 0 Å². The first-order chi connectivity index (χ1) is 10.1. The van der Waals surface area contributed by atoms with Gasteiger partial charge >= 0.3 is 11.9 Å². The Morgan fingerprint density at radius 2 is 1.90 bits per heavy atom. The van der Waals surface area contributed by atoms with Gasteiger partial charge in [0.05, 0.1) is 25.7 Å². The molecule has 21 heavy (non-hydrogen) atoms. The Kier molecular flexibility index (Phi) is 5.33. The van der Waals surface area contributed by atoms with E-state index in [-0.39, 0.29) is 17.9 Å². The number of esters is 2. The minimum atomic E-state index is -0.328. The van der Waals surface area contributed by atoms with Crippen LogP contribution >= 0.6 is 0 Å². The minimum Gasteiger partial charge on any atom is -0.469 e. The smallest absolute Gasteiger partial charge is 0.337 e. The molecule has 0 spiro atoms. The molecule has 0 radical (unpaired) electrons. The number of rotatable bonds is 4. The number of hydrogen-bond donors (Lipinski definition) is 0. The topological polar surface area (TPSA) is 55.8 Å². The molecular formula is C16H21NO4. The predicted molar refractivity (Wildman–Crippen MR) is 77.8 cm³/mol. The fourth-order valence-corrected chi connectivity index (χ4v) is 2.68. The molecule has 0 saturated carbocycles. The van der Waals surface area contributed by atoms with E-state index < -0.39 is 0 Å². The van der Waals surface area contributed by atoms with E-state index in [1.54, 1.807) is 12.1 Å². The summed E-state index contributed by atoms with van der Waals surface area (Å²) >= 11 is 0. The lowest BCUT2D eigenvalue weighted by atomic mass is 9.97. The van der Waals surface area contributed by atoms with E-state index in [1.807, 2.05) is 12.1 Å². The molecule has 0 amide bonds. The van der Waals surface area contributed by atoms with Crippen LogP contribution in [-0.2, 0) is 20.8 Å². The minimum absolute atomic E-state index is 0.0295. The second-order valence-corrected chi connectivity index (χ2v) is 5.29. The summed E-state index contributed by atoms with van der Waals surface area (Å²) in [6.45, 7) is 2.48. The number of benzene rings is 1. The molecule has 1 aromatic rings. The highest BCUT2D eigenvalue weighted by Gasteiger charge is 2.26. The summed E-state index contributed by atoms with van der Waals surface area (Å²) in [4.78, 5) is 25.2. The van der Waals surface area contributed by atoms with Crippen LogP contribution in [0.2, 0.25) is 0 Å². The highest BCUT2D eigenvalue weighted by atomic mass is 16.5. The lowest BCUT2D eigenvalue weighted by Crippen LogP contribution is -2.38. The number of methoxy groups -OCH3 is 2. The van der Waals surface area contributed by atoms with Gasteiger partial charge in [-0.1, -0.05) is 12.1 Å². The van der Waals surface area contributed by atoms with Crippen LogP contribution in [0.5, 0.6) is 0 Å². The van der Waals surface area contributed by atoms with Crippen molar-refractivity contribution >= 4 is 11.9 Å². The van der Waals surface area contributed by atoms with E-state index in [4.69, 9.17) is 4.74 Å². The van der Waals surface area contributed by atoms with Gasteiger partial charge in [-0.25, -0.2) is 4.79 Å². The first-order valence-electron chi connectivity index (χ1n) is 7.11. The zero-order valence-corrected chi connectivity index (χ0v) is 12.5. The van der Waals surface area contributed by atoms with Gasteiger partial charge in [0.2, 0.25) is 0 Å². The lowest BCUT2D eigenvalue weighted by Gasteiger charge is -2.31. The second-order valence-electron chi connectivity index (χ2n) is 5.29. The van der Waals surface area contributed by atoms with Gasteiger partial charge in [0, 0.05) is 13.1 Å². The van der Waals surface area contributed by atoms with Crippen molar-refractivity contribution in [1.82, 2.24) is 4.90 Å². The quantitative estimate of drug-likeness (QED) is 0.793. The molecular weight excluding hydrogens is 270 g/mol. The first-order valence-corrected chi connectivity index (χ1v) is 7.11. The number of hydrogen-bond acceptors (Lipinski definition) is 5. The van der Waals surface area contributed by atoms with Gasteiger partial charge in [-0.15, -0.1) is 0 Å². The lowest BCUT2D eigenvalue weighted by molar-refractivity contribution is -0.147. The third-order valence-corrected chi connectivity index (χ3v) is 3.82. The van der Waals surface area contributed by atoms with Crippen molar-refractivity contribution in [2.24, 2.45) is 5.92 Å². The number of piperidine rings is 1. The van der Waals surface area contributed by atoms with Crippen LogP contribution in [0, 0.1) is 5.92 Å². The Bertz CT molecular complexity index is 498. The molecule has 1 fully saturated rings. The highest BCUT2D eigenvalue weighted by Crippen LogP contribution is 2.19. The SMILES string of the molecule is COC(=O)c1ccc(CN2CCC[C@H](C(=O)OC)C2)cc1. The summed E-state index contributed by atoms with van der Waals surface area (Å²) in [6, 6.07) is 7.38. The number of carbonyl (C=O) groups excluding carboxylic acids is 2. The van der Waals surface area contributed by atoms with Gasteiger partial charge in [0.15, 0.2) is 0 Å². The molecule has 114 valence electrons. The summed E-state index contributed by atoms with van der Waals surface area (Å²) in [5, 5.41) is 0. The summed E-state index contributed by atoms with van der Waals surface area (Å²) in [5.74, 6) is -0.482. The standard InChI is InChI=1S/C16H21NO4/c1-20-15(18)13-7-5-12(6-8-13)10-17-9-3-4-14(11-17)16(19)21-2/h5-8,14H,3-4,9-11H2,1-2H3/t14-/m0/s1. The molecule has 0 N–H and O–H groups in total. The Morgan fingerprint density at radius 1 is 1.19 bits per heavy atom. The van der Waals surface area contributed by atoms with Gasteiger partial charge in [0.1, 0.15) is 0 Å². The van der Waals surface area contributed by atoms with Gasteiger partial charge in [-0.2, -0.15) is 0 Å². The number of likely N-dealkylation sites (tertiary alicyclic amines) is 1. The van der Waals surface area contributed by atoms with Crippen molar-refractivity contribution in [2.75, 3.05) is 27.3 Å². The Hall–Kier alpha value is -1.88. The van der Waals surface area contributed by atoms with E-state index in [0.29, 0.717) is 5.56 Å². The predicted octanol–water partition coefficient (Wildman–Crippen LogP) is 1.86. The molecule has 1 aliphatic rings. The zero-order valence-electron chi connectivity index (χ0n) is 12.5. The van der Waals surface area contributed by atoms with Crippen molar-refractivity contribution in [3.63, 3.8) is 0 Å².